The lowest BCUT2D eigenvalue weighted by Crippen LogP contribution is -2.37. The van der Waals surface area contributed by atoms with Crippen LogP contribution < -0.4 is 10.6 Å². The van der Waals surface area contributed by atoms with Crippen molar-refractivity contribution in [3.8, 4) is 0 Å². The van der Waals surface area contributed by atoms with Crippen LogP contribution in [-0.2, 0) is 9.59 Å². The van der Waals surface area contributed by atoms with Crippen molar-refractivity contribution in [2.24, 2.45) is 0 Å². The van der Waals surface area contributed by atoms with Crippen LogP contribution in [0.2, 0.25) is 10.0 Å². The van der Waals surface area contributed by atoms with Gasteiger partial charge in [-0.05, 0) is 23.6 Å². The van der Waals surface area contributed by atoms with Gasteiger partial charge in [0.15, 0.2) is 0 Å². The molecule has 2 rings (SSSR count). The van der Waals surface area contributed by atoms with E-state index in [0.717, 1.165) is 0 Å². The van der Waals surface area contributed by atoms with Gasteiger partial charge in [0.25, 0.3) is 5.91 Å². The number of rotatable bonds is 7. The number of hydrogen-bond acceptors (Lipinski definition) is 4. The number of hydrogen-bond donors (Lipinski definition) is 2. The Bertz CT molecular complexity index is 776. The Kier molecular flexibility index (Phi) is 7.44. The third-order valence-corrected chi connectivity index (χ3v) is 4.90. The van der Waals surface area contributed by atoms with Gasteiger partial charge < -0.3 is 15.5 Å². The highest BCUT2D eigenvalue weighted by molar-refractivity contribution is 7.12. The van der Waals surface area contributed by atoms with Gasteiger partial charge in [0.05, 0.1) is 27.2 Å². The van der Waals surface area contributed by atoms with Gasteiger partial charge in [-0.25, -0.2) is 0 Å². The summed E-state index contributed by atoms with van der Waals surface area (Å²) in [5.41, 5.74) is 0.310. The summed E-state index contributed by atoms with van der Waals surface area (Å²) in [5, 5.41) is 7.69. The average Bonchev–Trinajstić information content (AvgIpc) is 3.12. The molecule has 0 aliphatic heterocycles. The van der Waals surface area contributed by atoms with Gasteiger partial charge in [-0.15, -0.1) is 11.3 Å². The molecule has 1 aromatic heterocycles. The first kappa shape index (κ1) is 20.2. The molecule has 2 aromatic rings. The highest BCUT2D eigenvalue weighted by Gasteiger charge is 2.15. The van der Waals surface area contributed by atoms with E-state index in [1.807, 2.05) is 0 Å². The van der Waals surface area contributed by atoms with Crippen molar-refractivity contribution in [3.05, 3.63) is 50.6 Å². The average molecular weight is 414 g/mol. The van der Waals surface area contributed by atoms with E-state index in [2.05, 4.69) is 10.6 Å². The van der Waals surface area contributed by atoms with Gasteiger partial charge in [0, 0.05) is 20.0 Å². The molecule has 1 aromatic carbocycles. The molecule has 0 saturated heterocycles. The van der Waals surface area contributed by atoms with E-state index in [0.29, 0.717) is 20.6 Å². The first-order chi connectivity index (χ1) is 12.4. The lowest BCUT2D eigenvalue weighted by atomic mass is 10.3. The molecule has 1 heterocycles. The number of amides is 3. The van der Waals surface area contributed by atoms with Crippen molar-refractivity contribution < 1.29 is 14.4 Å². The molecule has 0 bridgehead atoms. The molecule has 3 amide bonds. The number of nitrogens with zero attached hydrogens (tertiary/aromatic N) is 1. The topological polar surface area (TPSA) is 78.5 Å². The Morgan fingerprint density at radius 1 is 1.12 bits per heavy atom. The maximum atomic E-state index is 12.1. The summed E-state index contributed by atoms with van der Waals surface area (Å²) in [5.74, 6) is -0.906. The van der Waals surface area contributed by atoms with E-state index in [-0.39, 0.29) is 31.3 Å². The van der Waals surface area contributed by atoms with Crippen LogP contribution in [0.5, 0.6) is 0 Å². The van der Waals surface area contributed by atoms with Crippen molar-refractivity contribution in [1.29, 1.82) is 0 Å². The summed E-state index contributed by atoms with van der Waals surface area (Å²) in [6.07, 6.45) is 0.0910. The Morgan fingerprint density at radius 2 is 1.81 bits per heavy atom. The summed E-state index contributed by atoms with van der Waals surface area (Å²) in [7, 11) is 1.51. The zero-order chi connectivity index (χ0) is 19.1. The van der Waals surface area contributed by atoms with Crippen LogP contribution in [-0.4, -0.2) is 42.8 Å². The van der Waals surface area contributed by atoms with Crippen LogP contribution in [0, 0.1) is 0 Å². The predicted molar refractivity (Wildman–Crippen MR) is 104 cm³/mol. The Hall–Kier alpha value is -2.09. The number of carbonyl (C=O) groups is 3. The van der Waals surface area contributed by atoms with Crippen LogP contribution >= 0.6 is 34.5 Å². The Labute approximate surface area is 165 Å². The maximum Gasteiger partial charge on any atom is 0.261 e. The van der Waals surface area contributed by atoms with Crippen molar-refractivity contribution >= 4 is 57.9 Å². The third kappa shape index (κ3) is 5.72. The minimum atomic E-state index is -0.418. The summed E-state index contributed by atoms with van der Waals surface area (Å²) < 4.78 is 0. The molecular formula is C17H17Cl2N3O3S. The molecule has 2 N–H and O–H groups in total. The second-order valence-electron chi connectivity index (χ2n) is 5.38. The summed E-state index contributed by atoms with van der Waals surface area (Å²) in [6.45, 7) is 0.0388. The number of nitrogens with one attached hydrogen (secondary N) is 2. The fourth-order valence-electron chi connectivity index (χ4n) is 2.07. The highest BCUT2D eigenvalue weighted by Crippen LogP contribution is 2.29. The molecule has 0 radical (unpaired) electrons. The van der Waals surface area contributed by atoms with Crippen molar-refractivity contribution in [2.45, 2.75) is 6.42 Å². The molecule has 6 nitrogen and oxygen atoms in total. The van der Waals surface area contributed by atoms with Gasteiger partial charge in [-0.1, -0.05) is 35.3 Å². The number of anilines is 1. The second kappa shape index (κ2) is 9.56. The summed E-state index contributed by atoms with van der Waals surface area (Å²) >= 11 is 13.3. The van der Waals surface area contributed by atoms with Crippen molar-refractivity contribution in [3.63, 3.8) is 0 Å². The van der Waals surface area contributed by atoms with Crippen LogP contribution in [0.4, 0.5) is 5.69 Å². The molecule has 0 spiro atoms. The minimum absolute atomic E-state index is 0.0910. The zero-order valence-electron chi connectivity index (χ0n) is 13.9. The number of likely N-dealkylation sites (N-methyl/N-ethyl adjacent to an activating group) is 1. The van der Waals surface area contributed by atoms with E-state index in [1.165, 1.54) is 23.3 Å². The molecular weight excluding hydrogens is 397 g/mol. The van der Waals surface area contributed by atoms with Gasteiger partial charge in [0.2, 0.25) is 11.8 Å². The summed E-state index contributed by atoms with van der Waals surface area (Å²) in [4.78, 5) is 37.8. The lowest BCUT2D eigenvalue weighted by molar-refractivity contribution is -0.133. The van der Waals surface area contributed by atoms with E-state index in [1.54, 1.807) is 35.7 Å². The number of para-hydroxylation sites is 1. The van der Waals surface area contributed by atoms with Crippen LogP contribution in [0.3, 0.4) is 0 Å². The second-order valence-corrected chi connectivity index (χ2v) is 7.14. The fourth-order valence-corrected chi connectivity index (χ4v) is 3.20. The van der Waals surface area contributed by atoms with Crippen LogP contribution in [0.15, 0.2) is 35.7 Å². The molecule has 0 saturated carbocycles. The van der Waals surface area contributed by atoms with Crippen LogP contribution in [0.1, 0.15) is 16.1 Å². The zero-order valence-corrected chi connectivity index (χ0v) is 16.2. The summed E-state index contributed by atoms with van der Waals surface area (Å²) in [6, 6.07) is 8.36. The normalized spacial score (nSPS) is 10.3. The molecule has 0 fully saturated rings. The monoisotopic (exact) mass is 413 g/mol. The van der Waals surface area contributed by atoms with Gasteiger partial charge in [0.1, 0.15) is 0 Å². The lowest BCUT2D eigenvalue weighted by Gasteiger charge is -2.17. The molecule has 0 aliphatic carbocycles. The molecule has 138 valence electrons. The first-order valence-corrected chi connectivity index (χ1v) is 9.31. The van der Waals surface area contributed by atoms with Crippen molar-refractivity contribution in [2.75, 3.05) is 25.5 Å². The minimum Gasteiger partial charge on any atom is -0.351 e. The first-order valence-electron chi connectivity index (χ1n) is 7.68. The molecule has 0 atom stereocenters. The van der Waals surface area contributed by atoms with E-state index in [4.69, 9.17) is 23.2 Å². The van der Waals surface area contributed by atoms with E-state index >= 15 is 0 Å². The highest BCUT2D eigenvalue weighted by atomic mass is 35.5. The Balaban J connectivity index is 1.77. The quantitative estimate of drug-likeness (QED) is 0.730. The van der Waals surface area contributed by atoms with Gasteiger partial charge in [-0.3, -0.25) is 14.4 Å². The third-order valence-electron chi connectivity index (χ3n) is 3.40. The van der Waals surface area contributed by atoms with Crippen LogP contribution in [0.25, 0.3) is 0 Å². The smallest absolute Gasteiger partial charge is 0.261 e. The fraction of sp³-hybridized carbons (Fsp3) is 0.235. The standard InChI is InChI=1S/C17H17Cl2N3O3S/c1-22(10-14(23)21-16-11(18)4-2-5-12(16)19)15(24)7-8-20-17(25)13-6-3-9-26-13/h2-6,9H,7-8,10H2,1H3,(H,20,25)(H,21,23). The SMILES string of the molecule is CN(CC(=O)Nc1c(Cl)cccc1Cl)C(=O)CCNC(=O)c1cccs1. The maximum absolute atomic E-state index is 12.1. The van der Waals surface area contributed by atoms with Gasteiger partial charge in [-0.2, -0.15) is 0 Å². The number of carbonyl (C=O) groups excluding carboxylic acids is 3. The molecule has 26 heavy (non-hydrogen) atoms. The Morgan fingerprint density at radius 3 is 2.42 bits per heavy atom. The number of thiophene rings is 1. The molecule has 0 aliphatic rings. The molecule has 0 unspecified atom stereocenters. The largest absolute Gasteiger partial charge is 0.351 e. The molecule has 9 heteroatoms. The van der Waals surface area contributed by atoms with Crippen molar-refractivity contribution in [1.82, 2.24) is 10.2 Å². The van der Waals surface area contributed by atoms with E-state index in [9.17, 15) is 14.4 Å². The van der Waals surface area contributed by atoms with Gasteiger partial charge >= 0.3 is 0 Å². The predicted octanol–water partition coefficient (Wildman–Crippen LogP) is 3.27. The number of halogens is 2. The van der Waals surface area contributed by atoms with E-state index < -0.39 is 5.91 Å². The number of benzene rings is 1.